The van der Waals surface area contributed by atoms with Crippen LogP contribution < -0.4 is 9.47 Å². The molecule has 158 valence electrons. The van der Waals surface area contributed by atoms with Gasteiger partial charge in [0.05, 0.1) is 18.1 Å². The Hall–Kier alpha value is -2.94. The third kappa shape index (κ3) is 5.15. The fraction of sp³-hybridized carbons (Fsp3) is 0.417. The summed E-state index contributed by atoms with van der Waals surface area (Å²) in [5.74, 6) is -2.78. The van der Waals surface area contributed by atoms with Crippen molar-refractivity contribution >= 4 is 5.97 Å². The number of rotatable bonds is 7. The Morgan fingerprint density at radius 1 is 1.07 bits per heavy atom. The van der Waals surface area contributed by atoms with Crippen molar-refractivity contribution in [2.75, 3.05) is 6.61 Å². The van der Waals surface area contributed by atoms with Crippen LogP contribution in [0.2, 0.25) is 0 Å². The number of esters is 1. The highest BCUT2D eigenvalue weighted by molar-refractivity contribution is 5.75. The lowest BCUT2D eigenvalue weighted by atomic mass is 9.79. The number of unbranched alkanes of at least 4 members (excludes halogenated alkanes) is 1. The molecule has 0 N–H and O–H groups in total. The van der Waals surface area contributed by atoms with Crippen LogP contribution in [0.3, 0.4) is 0 Å². The highest BCUT2D eigenvalue weighted by Gasteiger charge is 2.29. The minimum absolute atomic E-state index is 0.350. The van der Waals surface area contributed by atoms with Crippen LogP contribution >= 0.6 is 0 Å². The van der Waals surface area contributed by atoms with E-state index in [4.69, 9.17) is 14.7 Å². The molecule has 0 atom stereocenters. The SMILES string of the molecule is CCCCOc1ccc(C2CCC(C(=O)Oc3ccc(C#N)c(F)c3F)CC2)cc1. The van der Waals surface area contributed by atoms with Crippen molar-refractivity contribution in [2.45, 2.75) is 51.4 Å². The molecular formula is C24H25F2NO3. The van der Waals surface area contributed by atoms with Crippen molar-refractivity contribution < 1.29 is 23.0 Å². The summed E-state index contributed by atoms with van der Waals surface area (Å²) < 4.78 is 38.5. The summed E-state index contributed by atoms with van der Waals surface area (Å²) in [6.45, 7) is 2.84. The fourth-order valence-electron chi connectivity index (χ4n) is 3.72. The second kappa shape index (κ2) is 10.2. The van der Waals surface area contributed by atoms with Gasteiger partial charge in [-0.3, -0.25) is 4.79 Å². The van der Waals surface area contributed by atoms with E-state index in [-0.39, 0.29) is 5.92 Å². The van der Waals surface area contributed by atoms with Crippen molar-refractivity contribution in [2.24, 2.45) is 5.92 Å². The number of nitrogens with zero attached hydrogens (tertiary/aromatic N) is 1. The molecule has 0 aliphatic heterocycles. The summed E-state index contributed by atoms with van der Waals surface area (Å²) in [7, 11) is 0. The standard InChI is InChI=1S/C24H25F2NO3/c1-2-3-14-29-20-11-8-17(9-12-20)16-4-6-18(7-5-16)24(28)30-21-13-10-19(15-27)22(25)23(21)26/h8-13,16,18H,2-7,14H2,1H3. The zero-order valence-electron chi connectivity index (χ0n) is 17.0. The third-order valence-corrected chi connectivity index (χ3v) is 5.56. The van der Waals surface area contributed by atoms with Crippen LogP contribution in [0.5, 0.6) is 11.5 Å². The molecule has 0 saturated heterocycles. The van der Waals surface area contributed by atoms with Crippen LogP contribution in [-0.4, -0.2) is 12.6 Å². The van der Waals surface area contributed by atoms with Gasteiger partial charge in [-0.15, -0.1) is 0 Å². The Bertz CT molecular complexity index is 913. The summed E-state index contributed by atoms with van der Waals surface area (Å²) in [6, 6.07) is 11.9. The largest absolute Gasteiger partial charge is 0.494 e. The second-order valence-corrected chi connectivity index (χ2v) is 7.59. The number of halogens is 2. The van der Waals surface area contributed by atoms with Gasteiger partial charge in [0, 0.05) is 0 Å². The van der Waals surface area contributed by atoms with Crippen molar-refractivity contribution in [1.82, 2.24) is 0 Å². The average molecular weight is 413 g/mol. The maximum absolute atomic E-state index is 14.0. The number of carbonyl (C=O) groups excluding carboxylic acids is 1. The molecule has 0 amide bonds. The predicted molar refractivity (Wildman–Crippen MR) is 108 cm³/mol. The lowest BCUT2D eigenvalue weighted by Gasteiger charge is -2.27. The molecule has 1 fully saturated rings. The Balaban J connectivity index is 1.53. The first-order valence-corrected chi connectivity index (χ1v) is 10.4. The van der Waals surface area contributed by atoms with E-state index >= 15 is 0 Å². The normalized spacial score (nSPS) is 18.5. The fourth-order valence-corrected chi connectivity index (χ4v) is 3.72. The molecule has 0 radical (unpaired) electrons. The van der Waals surface area contributed by atoms with E-state index in [1.54, 1.807) is 6.07 Å². The molecule has 0 aromatic heterocycles. The van der Waals surface area contributed by atoms with Gasteiger partial charge in [-0.25, -0.2) is 4.39 Å². The quantitative estimate of drug-likeness (QED) is 0.322. The van der Waals surface area contributed by atoms with E-state index in [2.05, 4.69) is 19.1 Å². The lowest BCUT2D eigenvalue weighted by molar-refractivity contribution is -0.140. The summed E-state index contributed by atoms with van der Waals surface area (Å²) in [5, 5.41) is 8.73. The number of nitriles is 1. The molecule has 0 unspecified atom stereocenters. The van der Waals surface area contributed by atoms with E-state index in [0.29, 0.717) is 25.4 Å². The molecule has 2 aromatic carbocycles. The van der Waals surface area contributed by atoms with Crippen molar-refractivity contribution in [3.8, 4) is 17.6 Å². The highest BCUT2D eigenvalue weighted by atomic mass is 19.2. The predicted octanol–water partition coefficient (Wildman–Crippen LogP) is 5.89. The minimum atomic E-state index is -1.31. The van der Waals surface area contributed by atoms with Gasteiger partial charge >= 0.3 is 5.97 Å². The highest BCUT2D eigenvalue weighted by Crippen LogP contribution is 2.37. The molecule has 0 spiro atoms. The van der Waals surface area contributed by atoms with Crippen molar-refractivity contribution in [1.29, 1.82) is 5.26 Å². The summed E-state index contributed by atoms with van der Waals surface area (Å²) in [4.78, 5) is 12.4. The number of carbonyl (C=O) groups is 1. The van der Waals surface area contributed by atoms with Gasteiger partial charge in [-0.2, -0.15) is 9.65 Å². The van der Waals surface area contributed by atoms with E-state index < -0.39 is 28.9 Å². The van der Waals surface area contributed by atoms with Gasteiger partial charge in [0.15, 0.2) is 11.6 Å². The molecule has 1 aliphatic carbocycles. The first-order valence-electron chi connectivity index (χ1n) is 10.4. The number of hydrogen-bond acceptors (Lipinski definition) is 4. The van der Waals surface area contributed by atoms with Crippen molar-refractivity contribution in [3.05, 3.63) is 59.2 Å². The first-order chi connectivity index (χ1) is 14.5. The molecule has 1 aliphatic rings. The molecule has 30 heavy (non-hydrogen) atoms. The molecular weight excluding hydrogens is 388 g/mol. The van der Waals surface area contributed by atoms with Gasteiger partial charge in [0.25, 0.3) is 0 Å². The van der Waals surface area contributed by atoms with Crippen molar-refractivity contribution in [3.63, 3.8) is 0 Å². The zero-order valence-corrected chi connectivity index (χ0v) is 17.0. The Morgan fingerprint density at radius 3 is 2.40 bits per heavy atom. The summed E-state index contributed by atoms with van der Waals surface area (Å²) in [5.41, 5.74) is 0.791. The molecule has 4 nitrogen and oxygen atoms in total. The number of hydrogen-bond donors (Lipinski definition) is 0. The molecule has 0 bridgehead atoms. The van der Waals surface area contributed by atoms with E-state index in [1.165, 1.54) is 5.56 Å². The van der Waals surface area contributed by atoms with E-state index in [9.17, 15) is 13.6 Å². The van der Waals surface area contributed by atoms with Crippen LogP contribution in [0.4, 0.5) is 8.78 Å². The zero-order chi connectivity index (χ0) is 21.5. The Labute approximate surface area is 175 Å². The number of benzene rings is 2. The van der Waals surface area contributed by atoms with Gasteiger partial charge in [0.2, 0.25) is 5.82 Å². The molecule has 2 aromatic rings. The summed E-state index contributed by atoms with van der Waals surface area (Å²) in [6.07, 6.45) is 5.01. The minimum Gasteiger partial charge on any atom is -0.494 e. The Kier molecular flexibility index (Phi) is 7.40. The maximum atomic E-state index is 14.0. The van der Waals surface area contributed by atoms with E-state index in [0.717, 1.165) is 43.6 Å². The molecule has 3 rings (SSSR count). The van der Waals surface area contributed by atoms with Gasteiger partial charge < -0.3 is 9.47 Å². The van der Waals surface area contributed by atoms with Crippen LogP contribution in [0.25, 0.3) is 0 Å². The topological polar surface area (TPSA) is 59.3 Å². The summed E-state index contributed by atoms with van der Waals surface area (Å²) >= 11 is 0. The monoisotopic (exact) mass is 413 g/mol. The number of ether oxygens (including phenoxy) is 2. The van der Waals surface area contributed by atoms with Crippen LogP contribution in [0.15, 0.2) is 36.4 Å². The lowest BCUT2D eigenvalue weighted by Crippen LogP contribution is -2.25. The van der Waals surface area contributed by atoms with Gasteiger partial charge in [0.1, 0.15) is 11.8 Å². The Morgan fingerprint density at radius 2 is 1.77 bits per heavy atom. The smallest absolute Gasteiger partial charge is 0.314 e. The van der Waals surface area contributed by atoms with Crippen LogP contribution in [0, 0.1) is 28.9 Å². The molecule has 6 heteroatoms. The molecule has 0 heterocycles. The molecule has 1 saturated carbocycles. The van der Waals surface area contributed by atoms with Crippen LogP contribution in [0.1, 0.15) is 62.5 Å². The second-order valence-electron chi connectivity index (χ2n) is 7.59. The first kappa shape index (κ1) is 21.8. The van der Waals surface area contributed by atoms with Gasteiger partial charge in [-0.05, 0) is 67.9 Å². The van der Waals surface area contributed by atoms with E-state index in [1.807, 2.05) is 12.1 Å². The maximum Gasteiger partial charge on any atom is 0.314 e. The average Bonchev–Trinajstić information content (AvgIpc) is 2.78. The third-order valence-electron chi connectivity index (χ3n) is 5.56. The van der Waals surface area contributed by atoms with Crippen LogP contribution in [-0.2, 0) is 4.79 Å². The van der Waals surface area contributed by atoms with Gasteiger partial charge in [-0.1, -0.05) is 25.5 Å².